The number of quaternary nitrogens is 1. The summed E-state index contributed by atoms with van der Waals surface area (Å²) in [4.78, 5) is 30.4. The van der Waals surface area contributed by atoms with E-state index in [1.807, 2.05) is 0 Å². The number of thiazole rings is 1. The number of hydrogen-bond donors (Lipinski definition) is 3. The van der Waals surface area contributed by atoms with E-state index in [0.29, 0.717) is 21.6 Å². The van der Waals surface area contributed by atoms with Gasteiger partial charge >= 0.3 is 5.56 Å². The average Bonchev–Trinajstić information content (AvgIpc) is 3.09. The van der Waals surface area contributed by atoms with Crippen LogP contribution >= 0.6 is 34.5 Å². The van der Waals surface area contributed by atoms with Gasteiger partial charge in [-0.15, -0.1) is 0 Å². The highest BCUT2D eigenvalue weighted by molar-refractivity contribution is 7.17. The standard InChI is InChI=1S/C18H18Cl2N4O3S.ClH/c1-2-5-21-8-11-9-24-17(27)15(25)14(23-18(24)28-11)16(26)22-7-10-3-4-12(19)13(20)6-10;/h3-4,6,9,21,25H,2,5,7-8H2,1H3,(H,22,26);1H. The third-order valence-corrected chi connectivity index (χ3v) is 5.79. The molecule has 1 amide bonds. The lowest BCUT2D eigenvalue weighted by molar-refractivity contribution is -0.670. The summed E-state index contributed by atoms with van der Waals surface area (Å²) in [5.41, 5.74) is -0.233. The Kier molecular flexibility index (Phi) is 8.30. The molecule has 0 atom stereocenters. The number of amides is 1. The summed E-state index contributed by atoms with van der Waals surface area (Å²) >= 11 is 13.2. The fourth-order valence-corrected chi connectivity index (χ4v) is 3.88. The number of carbonyl (C=O) groups is 1. The van der Waals surface area contributed by atoms with Crippen molar-refractivity contribution >= 4 is 45.4 Å². The molecule has 0 aliphatic rings. The highest BCUT2D eigenvalue weighted by atomic mass is 35.5. The van der Waals surface area contributed by atoms with Gasteiger partial charge in [-0.2, -0.15) is 0 Å². The molecule has 0 bridgehead atoms. The third-order valence-electron chi connectivity index (χ3n) is 4.05. The SMILES string of the molecule is CCC[NH2+]Cc1cn2c(=O)c(O)c(C(=O)NCc3ccc(Cl)c(Cl)c3)nc2s1.[Cl-]. The second-order valence-electron chi connectivity index (χ2n) is 6.18. The maximum Gasteiger partial charge on any atom is 0.301 e. The van der Waals surface area contributed by atoms with Gasteiger partial charge in [-0.05, 0) is 24.1 Å². The molecule has 156 valence electrons. The van der Waals surface area contributed by atoms with Crippen molar-refractivity contribution in [3.63, 3.8) is 0 Å². The zero-order chi connectivity index (χ0) is 20.3. The first-order valence-electron chi connectivity index (χ1n) is 8.68. The van der Waals surface area contributed by atoms with Crippen LogP contribution in [-0.4, -0.2) is 26.9 Å². The Morgan fingerprint density at radius 1 is 1.34 bits per heavy atom. The summed E-state index contributed by atoms with van der Waals surface area (Å²) in [6, 6.07) is 4.98. The molecular weight excluding hydrogens is 459 g/mol. The second kappa shape index (κ2) is 10.3. The maximum atomic E-state index is 12.5. The molecule has 7 nitrogen and oxygen atoms in total. The minimum absolute atomic E-state index is 0. The molecule has 0 fully saturated rings. The topological polar surface area (TPSA) is 100 Å². The summed E-state index contributed by atoms with van der Waals surface area (Å²) in [5.74, 6) is -1.32. The number of aromatic nitrogens is 2. The molecular formula is C18H19Cl3N4O3S. The van der Waals surface area contributed by atoms with Crippen molar-refractivity contribution in [2.24, 2.45) is 0 Å². The van der Waals surface area contributed by atoms with E-state index >= 15 is 0 Å². The molecule has 0 aliphatic carbocycles. The van der Waals surface area contributed by atoms with Crippen molar-refractivity contribution in [2.45, 2.75) is 26.4 Å². The van der Waals surface area contributed by atoms with Crippen molar-refractivity contribution in [1.29, 1.82) is 0 Å². The Morgan fingerprint density at radius 3 is 2.79 bits per heavy atom. The van der Waals surface area contributed by atoms with Gasteiger partial charge in [-0.3, -0.25) is 14.0 Å². The second-order valence-corrected chi connectivity index (χ2v) is 8.08. The van der Waals surface area contributed by atoms with Gasteiger partial charge in [-0.1, -0.05) is 47.5 Å². The third kappa shape index (κ3) is 5.40. The highest BCUT2D eigenvalue weighted by Gasteiger charge is 2.20. The zero-order valence-electron chi connectivity index (χ0n) is 15.4. The molecule has 0 saturated carbocycles. The lowest BCUT2D eigenvalue weighted by atomic mass is 10.2. The lowest BCUT2D eigenvalue weighted by Gasteiger charge is -2.07. The van der Waals surface area contributed by atoms with E-state index in [1.165, 1.54) is 15.7 Å². The van der Waals surface area contributed by atoms with Crippen molar-refractivity contribution in [1.82, 2.24) is 14.7 Å². The minimum Gasteiger partial charge on any atom is -1.00 e. The molecule has 3 aromatic rings. The number of nitrogens with zero attached hydrogens (tertiary/aromatic N) is 2. The van der Waals surface area contributed by atoms with Gasteiger partial charge in [-0.25, -0.2) is 4.98 Å². The van der Waals surface area contributed by atoms with Crippen LogP contribution in [0.3, 0.4) is 0 Å². The molecule has 0 saturated heterocycles. The van der Waals surface area contributed by atoms with E-state index in [-0.39, 0.29) is 24.6 Å². The molecule has 0 spiro atoms. The van der Waals surface area contributed by atoms with E-state index < -0.39 is 17.2 Å². The normalized spacial score (nSPS) is 10.7. The van der Waals surface area contributed by atoms with Gasteiger partial charge in [0.25, 0.3) is 5.91 Å². The lowest BCUT2D eigenvalue weighted by Crippen LogP contribution is -3.00. The maximum absolute atomic E-state index is 12.5. The van der Waals surface area contributed by atoms with Crippen LogP contribution in [0.15, 0.2) is 29.2 Å². The first-order chi connectivity index (χ1) is 13.4. The number of rotatable bonds is 7. The van der Waals surface area contributed by atoms with E-state index in [4.69, 9.17) is 23.2 Å². The Hall–Kier alpha value is -1.84. The van der Waals surface area contributed by atoms with Gasteiger partial charge in [0.05, 0.1) is 21.5 Å². The fourth-order valence-electron chi connectivity index (χ4n) is 2.59. The molecule has 29 heavy (non-hydrogen) atoms. The molecule has 0 unspecified atom stereocenters. The number of benzene rings is 1. The van der Waals surface area contributed by atoms with Crippen LogP contribution in [0.25, 0.3) is 4.96 Å². The van der Waals surface area contributed by atoms with Crippen molar-refractivity contribution in [2.75, 3.05) is 6.54 Å². The van der Waals surface area contributed by atoms with Crippen molar-refractivity contribution < 1.29 is 27.6 Å². The Balaban J connectivity index is 0.00000300. The fraction of sp³-hybridized carbons (Fsp3) is 0.278. The van der Waals surface area contributed by atoms with Crippen LogP contribution in [-0.2, 0) is 13.1 Å². The van der Waals surface area contributed by atoms with Gasteiger partial charge in [0.15, 0.2) is 10.7 Å². The van der Waals surface area contributed by atoms with Crippen molar-refractivity contribution in [3.05, 3.63) is 60.9 Å². The molecule has 1 aromatic carbocycles. The first kappa shape index (κ1) is 23.4. The van der Waals surface area contributed by atoms with Crippen LogP contribution < -0.4 is 28.6 Å². The predicted molar refractivity (Wildman–Crippen MR) is 109 cm³/mol. The monoisotopic (exact) mass is 476 g/mol. The van der Waals surface area contributed by atoms with Gasteiger partial charge in [0, 0.05) is 12.7 Å². The van der Waals surface area contributed by atoms with E-state index in [1.54, 1.807) is 24.4 Å². The molecule has 2 aromatic heterocycles. The quantitative estimate of drug-likeness (QED) is 0.387. The van der Waals surface area contributed by atoms with E-state index in [2.05, 4.69) is 22.5 Å². The van der Waals surface area contributed by atoms with E-state index in [0.717, 1.165) is 23.4 Å². The number of fused-ring (bicyclic) bond motifs is 1. The Bertz CT molecular complexity index is 1080. The summed E-state index contributed by atoms with van der Waals surface area (Å²) in [7, 11) is 0. The molecule has 2 heterocycles. The number of hydrogen-bond acceptors (Lipinski definition) is 5. The molecule has 0 aliphatic heterocycles. The van der Waals surface area contributed by atoms with Crippen LogP contribution in [0.2, 0.25) is 10.0 Å². The van der Waals surface area contributed by atoms with Crippen LogP contribution in [0, 0.1) is 0 Å². The van der Waals surface area contributed by atoms with Crippen LogP contribution in [0.1, 0.15) is 34.3 Å². The zero-order valence-corrected chi connectivity index (χ0v) is 18.5. The smallest absolute Gasteiger partial charge is 0.301 e. The highest BCUT2D eigenvalue weighted by Crippen LogP contribution is 2.23. The summed E-state index contributed by atoms with van der Waals surface area (Å²) < 4.78 is 1.27. The summed E-state index contributed by atoms with van der Waals surface area (Å²) in [5, 5.41) is 15.7. The predicted octanol–water partition coefficient (Wildman–Crippen LogP) is -0.824. The van der Waals surface area contributed by atoms with Gasteiger partial charge in [0.2, 0.25) is 5.75 Å². The average molecular weight is 478 g/mol. The molecule has 0 radical (unpaired) electrons. The number of halogens is 3. The number of carbonyl (C=O) groups excluding carboxylic acids is 1. The first-order valence-corrected chi connectivity index (χ1v) is 10.3. The molecule has 3 rings (SSSR count). The van der Waals surface area contributed by atoms with Gasteiger partial charge in [0.1, 0.15) is 6.54 Å². The Morgan fingerprint density at radius 2 is 2.10 bits per heavy atom. The van der Waals surface area contributed by atoms with Crippen LogP contribution in [0.4, 0.5) is 0 Å². The van der Waals surface area contributed by atoms with Crippen molar-refractivity contribution in [3.8, 4) is 5.75 Å². The van der Waals surface area contributed by atoms with Crippen LogP contribution in [0.5, 0.6) is 5.75 Å². The summed E-state index contributed by atoms with van der Waals surface area (Å²) in [6.07, 6.45) is 2.70. The Labute approximate surface area is 187 Å². The van der Waals surface area contributed by atoms with E-state index in [9.17, 15) is 14.7 Å². The molecule has 11 heteroatoms. The number of nitrogens with two attached hydrogens (primary N) is 1. The van der Waals surface area contributed by atoms with Gasteiger partial charge < -0.3 is 28.1 Å². The number of aromatic hydroxyl groups is 1. The summed E-state index contributed by atoms with van der Waals surface area (Å²) in [6.45, 7) is 3.93. The molecule has 4 N–H and O–H groups in total. The minimum atomic E-state index is -0.675. The largest absolute Gasteiger partial charge is 1.00 e. The number of nitrogens with one attached hydrogen (secondary N) is 1.